The molecule has 154 valence electrons. The Balaban J connectivity index is 2.14. The fourth-order valence-corrected chi connectivity index (χ4v) is 4.77. The van der Waals surface area contributed by atoms with E-state index in [1.807, 2.05) is 19.9 Å². The molecule has 0 aliphatic rings. The van der Waals surface area contributed by atoms with Gasteiger partial charge in [-0.1, -0.05) is 13.8 Å². The number of hydrogen-bond donors (Lipinski definition) is 0. The summed E-state index contributed by atoms with van der Waals surface area (Å²) in [6, 6.07) is 7.59. The molecule has 0 spiro atoms. The highest BCUT2D eigenvalue weighted by atomic mass is 32.2. The molecule has 0 unspecified atom stereocenters. The molecule has 7 nitrogen and oxygen atoms in total. The highest BCUT2D eigenvalue weighted by Crippen LogP contribution is 2.22. The van der Waals surface area contributed by atoms with Crippen LogP contribution in [0.3, 0.4) is 0 Å². The minimum Gasteiger partial charge on any atom is -0.423 e. The van der Waals surface area contributed by atoms with E-state index in [-0.39, 0.29) is 17.0 Å². The SMILES string of the molecule is CCN(CC)S(=O)(=O)c1ccc(=O)n(Cc2cc(=O)oc3cc(C)c(C)cc23)c1. The zero-order valence-corrected chi connectivity index (χ0v) is 17.7. The third kappa shape index (κ3) is 4.04. The molecule has 0 saturated heterocycles. The number of pyridine rings is 1. The Morgan fingerprint density at radius 3 is 2.31 bits per heavy atom. The molecule has 0 aliphatic heterocycles. The van der Waals surface area contributed by atoms with Crippen molar-refractivity contribution in [2.75, 3.05) is 13.1 Å². The van der Waals surface area contributed by atoms with Crippen molar-refractivity contribution in [3.8, 4) is 0 Å². The molecule has 3 aromatic rings. The normalized spacial score (nSPS) is 12.0. The van der Waals surface area contributed by atoms with Crippen molar-refractivity contribution in [2.45, 2.75) is 39.1 Å². The van der Waals surface area contributed by atoms with Crippen LogP contribution in [0.1, 0.15) is 30.5 Å². The van der Waals surface area contributed by atoms with Crippen LogP contribution < -0.4 is 11.2 Å². The van der Waals surface area contributed by atoms with E-state index in [0.717, 1.165) is 16.5 Å². The zero-order valence-electron chi connectivity index (χ0n) is 16.9. The first-order valence-corrected chi connectivity index (χ1v) is 10.9. The van der Waals surface area contributed by atoms with Gasteiger partial charge < -0.3 is 8.98 Å². The van der Waals surface area contributed by atoms with Gasteiger partial charge in [0.2, 0.25) is 10.0 Å². The number of aryl methyl sites for hydroxylation is 2. The molecule has 2 aromatic heterocycles. The van der Waals surface area contributed by atoms with Crippen LogP contribution in [-0.2, 0) is 16.6 Å². The van der Waals surface area contributed by atoms with Crippen LogP contribution in [0.15, 0.2) is 55.4 Å². The van der Waals surface area contributed by atoms with Crippen LogP contribution in [-0.4, -0.2) is 30.4 Å². The topological polar surface area (TPSA) is 89.6 Å². The maximum atomic E-state index is 12.8. The van der Waals surface area contributed by atoms with E-state index in [0.29, 0.717) is 24.2 Å². The standard InChI is InChI=1S/C21H24N2O5S/c1-5-23(6-2)29(26,27)17-7-8-20(24)22(13-17)12-16-11-21(25)28-19-10-15(4)14(3)9-18(16)19/h7-11,13H,5-6,12H2,1-4H3. The van der Waals surface area contributed by atoms with Crippen molar-refractivity contribution < 1.29 is 12.8 Å². The Morgan fingerprint density at radius 1 is 1.00 bits per heavy atom. The summed E-state index contributed by atoms with van der Waals surface area (Å²) in [5, 5.41) is 0.719. The molecule has 0 atom stereocenters. The molecule has 1 aromatic carbocycles. The lowest BCUT2D eigenvalue weighted by Gasteiger charge is -2.19. The molecule has 0 radical (unpaired) electrons. The van der Waals surface area contributed by atoms with Crippen molar-refractivity contribution in [3.05, 3.63) is 74.0 Å². The van der Waals surface area contributed by atoms with E-state index in [2.05, 4.69) is 0 Å². The van der Waals surface area contributed by atoms with Gasteiger partial charge in [0.25, 0.3) is 5.56 Å². The lowest BCUT2D eigenvalue weighted by Crippen LogP contribution is -2.32. The van der Waals surface area contributed by atoms with Crippen molar-refractivity contribution in [1.29, 1.82) is 0 Å². The number of aromatic nitrogens is 1. The number of rotatable bonds is 6. The van der Waals surface area contributed by atoms with Crippen molar-refractivity contribution in [2.24, 2.45) is 0 Å². The van der Waals surface area contributed by atoms with Crippen LogP contribution in [0.4, 0.5) is 0 Å². The predicted molar refractivity (Wildman–Crippen MR) is 112 cm³/mol. The molecular formula is C21H24N2O5S. The largest absolute Gasteiger partial charge is 0.423 e. The molecule has 29 heavy (non-hydrogen) atoms. The summed E-state index contributed by atoms with van der Waals surface area (Å²) in [4.78, 5) is 24.5. The average molecular weight is 416 g/mol. The van der Waals surface area contributed by atoms with Gasteiger partial charge in [-0.3, -0.25) is 4.79 Å². The van der Waals surface area contributed by atoms with Crippen molar-refractivity contribution in [3.63, 3.8) is 0 Å². The van der Waals surface area contributed by atoms with Crippen LogP contribution >= 0.6 is 0 Å². The molecule has 2 heterocycles. The van der Waals surface area contributed by atoms with E-state index in [9.17, 15) is 18.0 Å². The van der Waals surface area contributed by atoms with Crippen LogP contribution in [0, 0.1) is 13.8 Å². The fourth-order valence-electron chi connectivity index (χ4n) is 3.30. The second-order valence-electron chi connectivity index (χ2n) is 6.94. The smallest absolute Gasteiger partial charge is 0.336 e. The van der Waals surface area contributed by atoms with Gasteiger partial charge in [-0.25, -0.2) is 13.2 Å². The van der Waals surface area contributed by atoms with Gasteiger partial charge in [0.05, 0.1) is 11.4 Å². The zero-order chi connectivity index (χ0) is 21.3. The summed E-state index contributed by atoms with van der Waals surface area (Å²) in [5.74, 6) is 0. The molecule has 0 fully saturated rings. The van der Waals surface area contributed by atoms with Crippen LogP contribution in [0.2, 0.25) is 0 Å². The maximum absolute atomic E-state index is 12.8. The minimum absolute atomic E-state index is 0.0418. The Labute approximate surface area is 169 Å². The van der Waals surface area contributed by atoms with Gasteiger partial charge in [-0.15, -0.1) is 0 Å². The monoisotopic (exact) mass is 416 g/mol. The summed E-state index contributed by atoms with van der Waals surface area (Å²) in [5.41, 5.74) is 2.18. The summed E-state index contributed by atoms with van der Waals surface area (Å²) < 4.78 is 33.5. The molecule has 0 aliphatic carbocycles. The fraction of sp³-hybridized carbons (Fsp3) is 0.333. The van der Waals surface area contributed by atoms with E-state index < -0.39 is 15.6 Å². The van der Waals surface area contributed by atoms with Crippen molar-refractivity contribution >= 4 is 21.0 Å². The van der Waals surface area contributed by atoms with E-state index in [1.165, 1.54) is 33.3 Å². The number of benzene rings is 1. The number of fused-ring (bicyclic) bond motifs is 1. The quantitative estimate of drug-likeness (QED) is 0.576. The molecule has 0 amide bonds. The Morgan fingerprint density at radius 2 is 1.66 bits per heavy atom. The first kappa shape index (κ1) is 21.0. The molecule has 8 heteroatoms. The van der Waals surface area contributed by atoms with Crippen LogP contribution in [0.25, 0.3) is 11.0 Å². The third-order valence-corrected chi connectivity index (χ3v) is 7.12. The molecule has 0 N–H and O–H groups in total. The van der Waals surface area contributed by atoms with E-state index in [1.54, 1.807) is 19.9 Å². The first-order valence-electron chi connectivity index (χ1n) is 9.42. The summed E-state index contributed by atoms with van der Waals surface area (Å²) in [6.45, 7) is 8.13. The summed E-state index contributed by atoms with van der Waals surface area (Å²) >= 11 is 0. The summed E-state index contributed by atoms with van der Waals surface area (Å²) in [6.07, 6.45) is 1.33. The maximum Gasteiger partial charge on any atom is 0.336 e. The molecule has 3 rings (SSSR count). The highest BCUT2D eigenvalue weighted by Gasteiger charge is 2.22. The van der Waals surface area contributed by atoms with Gasteiger partial charge in [-0.2, -0.15) is 4.31 Å². The molecule has 0 saturated carbocycles. The van der Waals surface area contributed by atoms with Crippen molar-refractivity contribution in [1.82, 2.24) is 8.87 Å². The van der Waals surface area contributed by atoms with Gasteiger partial charge in [0.1, 0.15) is 5.58 Å². The average Bonchev–Trinajstić information content (AvgIpc) is 2.65. The number of sulfonamides is 1. The van der Waals surface area contributed by atoms with Gasteiger partial charge >= 0.3 is 5.63 Å². The molecular weight excluding hydrogens is 392 g/mol. The van der Waals surface area contributed by atoms with E-state index in [4.69, 9.17) is 4.42 Å². The Kier molecular flexibility index (Phi) is 5.77. The van der Waals surface area contributed by atoms with E-state index >= 15 is 0 Å². The first-order chi connectivity index (χ1) is 13.7. The summed E-state index contributed by atoms with van der Waals surface area (Å²) in [7, 11) is -3.70. The third-order valence-electron chi connectivity index (χ3n) is 5.08. The second-order valence-corrected chi connectivity index (χ2v) is 8.88. The molecule has 0 bridgehead atoms. The second kappa shape index (κ2) is 7.96. The van der Waals surface area contributed by atoms with Gasteiger partial charge in [-0.05, 0) is 48.7 Å². The highest BCUT2D eigenvalue weighted by molar-refractivity contribution is 7.89. The van der Waals surface area contributed by atoms with Gasteiger partial charge in [0.15, 0.2) is 0 Å². The predicted octanol–water partition coefficient (Wildman–Crippen LogP) is 2.65. The Bertz CT molecular complexity index is 1280. The van der Waals surface area contributed by atoms with Crippen LogP contribution in [0.5, 0.6) is 0 Å². The lowest BCUT2D eigenvalue weighted by molar-refractivity contribution is 0.444. The van der Waals surface area contributed by atoms with Gasteiger partial charge in [0, 0.05) is 36.8 Å². The number of nitrogens with zero attached hydrogens (tertiary/aromatic N) is 2. The minimum atomic E-state index is -3.70. The Hall–Kier alpha value is -2.71. The lowest BCUT2D eigenvalue weighted by atomic mass is 10.0. The number of hydrogen-bond acceptors (Lipinski definition) is 5.